The normalized spacial score (nSPS) is 24.2. The minimum absolute atomic E-state index is 0. The zero-order valence-corrected chi connectivity index (χ0v) is 15.2. The lowest BCUT2D eigenvalue weighted by Gasteiger charge is -2.38. The number of benzene rings is 2. The van der Waals surface area contributed by atoms with E-state index in [2.05, 4.69) is 56.3 Å². The Morgan fingerprint density at radius 2 is 1.86 bits per heavy atom. The molecular weight excluding hydrogens is 338 g/mol. The Hall–Kier alpha value is -1.06. The highest BCUT2D eigenvalue weighted by molar-refractivity contribution is 5.88. The van der Waals surface area contributed by atoms with Crippen molar-refractivity contribution in [3.05, 3.63) is 42.5 Å². The highest BCUT2D eigenvalue weighted by atomic mass is 79.9. The summed E-state index contributed by atoms with van der Waals surface area (Å²) in [6.07, 6.45) is 4.00. The molecule has 1 heterocycles. The molecule has 120 valence electrons. The SMILES string of the molecule is CCC[N+]1(CC)CCCC1Oc1cccc2ccccc12.[Br-]. The number of rotatable bonds is 5. The molecule has 22 heavy (non-hydrogen) atoms. The Labute approximate surface area is 144 Å². The molecule has 0 radical (unpaired) electrons. The van der Waals surface area contributed by atoms with Gasteiger partial charge in [0.25, 0.3) is 0 Å². The first kappa shape index (κ1) is 17.3. The van der Waals surface area contributed by atoms with E-state index in [0.29, 0.717) is 6.23 Å². The monoisotopic (exact) mass is 363 g/mol. The summed E-state index contributed by atoms with van der Waals surface area (Å²) in [5.74, 6) is 1.05. The fraction of sp³-hybridized carbons (Fsp3) is 0.474. The van der Waals surface area contributed by atoms with Gasteiger partial charge in [0.15, 0.2) is 0 Å². The fourth-order valence-corrected chi connectivity index (χ4v) is 3.84. The maximum atomic E-state index is 6.52. The largest absolute Gasteiger partial charge is 1.00 e. The van der Waals surface area contributed by atoms with Crippen LogP contribution >= 0.6 is 0 Å². The van der Waals surface area contributed by atoms with Crippen molar-refractivity contribution in [1.82, 2.24) is 0 Å². The van der Waals surface area contributed by atoms with Gasteiger partial charge in [-0.3, -0.25) is 4.48 Å². The number of likely N-dealkylation sites (tertiary alicyclic amines) is 1. The van der Waals surface area contributed by atoms with E-state index in [1.807, 2.05) is 0 Å². The average molecular weight is 364 g/mol. The van der Waals surface area contributed by atoms with E-state index in [0.717, 1.165) is 10.2 Å². The Kier molecular flexibility index (Phi) is 5.87. The molecule has 0 saturated carbocycles. The molecule has 2 aromatic rings. The van der Waals surface area contributed by atoms with Gasteiger partial charge < -0.3 is 21.7 Å². The molecule has 3 heteroatoms. The first-order valence-corrected chi connectivity index (χ1v) is 8.29. The van der Waals surface area contributed by atoms with Crippen molar-refractivity contribution in [2.45, 2.75) is 39.3 Å². The average Bonchev–Trinajstić information content (AvgIpc) is 2.91. The molecule has 1 saturated heterocycles. The summed E-state index contributed by atoms with van der Waals surface area (Å²) < 4.78 is 7.64. The van der Waals surface area contributed by atoms with E-state index in [-0.39, 0.29) is 17.0 Å². The molecule has 0 bridgehead atoms. The van der Waals surface area contributed by atoms with E-state index >= 15 is 0 Å². The molecule has 1 fully saturated rings. The van der Waals surface area contributed by atoms with E-state index in [9.17, 15) is 0 Å². The molecule has 2 atom stereocenters. The van der Waals surface area contributed by atoms with Crippen molar-refractivity contribution >= 4 is 10.8 Å². The van der Waals surface area contributed by atoms with Crippen molar-refractivity contribution in [3.63, 3.8) is 0 Å². The van der Waals surface area contributed by atoms with Crippen LogP contribution < -0.4 is 21.7 Å². The van der Waals surface area contributed by atoms with Crippen LogP contribution in [-0.4, -0.2) is 30.3 Å². The summed E-state index contributed by atoms with van der Waals surface area (Å²) in [7, 11) is 0. The van der Waals surface area contributed by atoms with Gasteiger partial charge >= 0.3 is 0 Å². The molecule has 2 nitrogen and oxygen atoms in total. The summed E-state index contributed by atoms with van der Waals surface area (Å²) in [5, 5.41) is 2.50. The predicted molar refractivity (Wildman–Crippen MR) is 88.4 cm³/mol. The number of fused-ring (bicyclic) bond motifs is 1. The highest BCUT2D eigenvalue weighted by Crippen LogP contribution is 2.33. The summed E-state index contributed by atoms with van der Waals surface area (Å²) in [4.78, 5) is 0. The van der Waals surface area contributed by atoms with E-state index in [4.69, 9.17) is 4.74 Å². The summed E-state index contributed by atoms with van der Waals surface area (Å²) >= 11 is 0. The minimum atomic E-state index is 0. The lowest BCUT2D eigenvalue weighted by Crippen LogP contribution is -3.00. The van der Waals surface area contributed by atoms with E-state index in [1.54, 1.807) is 0 Å². The van der Waals surface area contributed by atoms with Gasteiger partial charge in [-0.15, -0.1) is 0 Å². The molecule has 2 unspecified atom stereocenters. The van der Waals surface area contributed by atoms with E-state index < -0.39 is 0 Å². The zero-order valence-electron chi connectivity index (χ0n) is 13.6. The third-order valence-electron chi connectivity index (χ3n) is 4.98. The van der Waals surface area contributed by atoms with Crippen molar-refractivity contribution in [3.8, 4) is 5.75 Å². The molecule has 0 aromatic heterocycles. The Morgan fingerprint density at radius 3 is 2.64 bits per heavy atom. The first-order valence-electron chi connectivity index (χ1n) is 8.29. The molecule has 0 spiro atoms. The second-order valence-electron chi connectivity index (χ2n) is 6.17. The lowest BCUT2D eigenvalue weighted by atomic mass is 10.1. The predicted octanol–water partition coefficient (Wildman–Crippen LogP) is 1.59. The maximum Gasteiger partial charge on any atom is 0.233 e. The zero-order chi connectivity index (χ0) is 14.7. The Bertz CT molecular complexity index is 610. The van der Waals surface area contributed by atoms with Crippen LogP contribution in [0.5, 0.6) is 5.75 Å². The third-order valence-corrected chi connectivity index (χ3v) is 4.98. The highest BCUT2D eigenvalue weighted by Gasteiger charge is 2.41. The van der Waals surface area contributed by atoms with Crippen LogP contribution in [-0.2, 0) is 0 Å². The number of nitrogens with zero attached hydrogens (tertiary/aromatic N) is 1. The van der Waals surface area contributed by atoms with Gasteiger partial charge in [-0.05, 0) is 24.8 Å². The van der Waals surface area contributed by atoms with Gasteiger partial charge in [0.1, 0.15) is 5.75 Å². The molecular formula is C19H26BrNO. The van der Waals surface area contributed by atoms with Crippen LogP contribution in [0.4, 0.5) is 0 Å². The van der Waals surface area contributed by atoms with E-state index in [1.165, 1.54) is 49.7 Å². The minimum Gasteiger partial charge on any atom is -1.00 e. The van der Waals surface area contributed by atoms with Gasteiger partial charge in [0.2, 0.25) is 6.23 Å². The summed E-state index contributed by atoms with van der Waals surface area (Å²) in [6.45, 7) is 8.25. The van der Waals surface area contributed by atoms with Gasteiger partial charge in [0, 0.05) is 18.2 Å². The van der Waals surface area contributed by atoms with Crippen molar-refractivity contribution in [2.75, 3.05) is 19.6 Å². The number of ether oxygens (including phenoxy) is 1. The molecule has 0 amide bonds. The molecule has 2 aromatic carbocycles. The van der Waals surface area contributed by atoms with Gasteiger partial charge in [-0.25, -0.2) is 0 Å². The lowest BCUT2D eigenvalue weighted by molar-refractivity contribution is -0.954. The van der Waals surface area contributed by atoms with Crippen LogP contribution in [0.3, 0.4) is 0 Å². The van der Waals surface area contributed by atoms with Crippen molar-refractivity contribution < 1.29 is 26.2 Å². The third kappa shape index (κ3) is 3.16. The molecule has 0 aliphatic carbocycles. The van der Waals surface area contributed by atoms with Crippen LogP contribution in [0.25, 0.3) is 10.8 Å². The molecule has 1 aliphatic rings. The number of quaternary nitrogens is 1. The number of hydrogen-bond acceptors (Lipinski definition) is 1. The van der Waals surface area contributed by atoms with Crippen LogP contribution in [0.15, 0.2) is 42.5 Å². The summed E-state index contributed by atoms with van der Waals surface area (Å²) in [6, 6.07) is 14.9. The van der Waals surface area contributed by atoms with Gasteiger partial charge in [0.05, 0.1) is 19.6 Å². The van der Waals surface area contributed by atoms with Gasteiger partial charge in [-0.2, -0.15) is 0 Å². The molecule has 3 rings (SSSR count). The van der Waals surface area contributed by atoms with Crippen LogP contribution in [0.1, 0.15) is 33.1 Å². The Balaban J connectivity index is 0.00000176. The summed E-state index contributed by atoms with van der Waals surface area (Å²) in [5.41, 5.74) is 0. The fourth-order valence-electron chi connectivity index (χ4n) is 3.84. The molecule has 0 N–H and O–H groups in total. The van der Waals surface area contributed by atoms with Gasteiger partial charge in [-0.1, -0.05) is 43.3 Å². The van der Waals surface area contributed by atoms with Crippen molar-refractivity contribution in [2.24, 2.45) is 0 Å². The number of halogens is 1. The smallest absolute Gasteiger partial charge is 0.233 e. The van der Waals surface area contributed by atoms with Crippen LogP contribution in [0, 0.1) is 0 Å². The quantitative estimate of drug-likeness (QED) is 0.733. The Morgan fingerprint density at radius 1 is 1.09 bits per heavy atom. The number of hydrogen-bond donors (Lipinski definition) is 0. The maximum absolute atomic E-state index is 6.52. The second-order valence-corrected chi connectivity index (χ2v) is 6.17. The second kappa shape index (κ2) is 7.47. The molecule has 1 aliphatic heterocycles. The van der Waals surface area contributed by atoms with Crippen molar-refractivity contribution in [1.29, 1.82) is 0 Å². The van der Waals surface area contributed by atoms with Crippen LogP contribution in [0.2, 0.25) is 0 Å². The standard InChI is InChI=1S/C19H26NO.BrH/c1-3-14-20(4-2)15-8-13-19(20)21-18-12-7-10-16-9-5-6-11-17(16)18;/h5-7,9-12,19H,3-4,8,13-15H2,1-2H3;1H/q+1;/p-1. The topological polar surface area (TPSA) is 9.23 Å². The first-order chi connectivity index (χ1) is 10.3.